The van der Waals surface area contributed by atoms with Gasteiger partial charge < -0.3 is 20.1 Å². The molecule has 0 aromatic carbocycles. The predicted octanol–water partition coefficient (Wildman–Crippen LogP) is 12.0. The number of nitrogens with two attached hydrogens (primary N) is 1. The first-order chi connectivity index (χ1) is 26.8. The molecule has 0 radical (unpaired) electrons. The summed E-state index contributed by atoms with van der Waals surface area (Å²) in [5.41, 5.74) is 5.34. The molecule has 0 saturated carbocycles. The van der Waals surface area contributed by atoms with Crippen LogP contribution in [0.2, 0.25) is 0 Å². The highest BCUT2D eigenvalue weighted by Gasteiger charge is 2.25. The first-order valence-corrected chi connectivity index (χ1v) is 22.6. The highest BCUT2D eigenvalue weighted by atomic mass is 31.2. The number of carbonyl (C=O) groups excluding carboxylic acids is 2. The molecule has 0 aliphatic carbocycles. The quantitative estimate of drug-likeness (QED) is 0.0271. The molecule has 0 rings (SSSR count). The smallest absolute Gasteiger partial charge is 0.462 e. The van der Waals surface area contributed by atoms with E-state index in [9.17, 15) is 19.0 Å². The summed E-state index contributed by atoms with van der Waals surface area (Å²) in [6.07, 6.45) is 50.5. The van der Waals surface area contributed by atoms with E-state index in [2.05, 4.69) is 92.8 Å². The number of ether oxygens (including phenoxy) is 2. The molecule has 2 atom stereocenters. The molecule has 0 fully saturated rings. The van der Waals surface area contributed by atoms with Crippen LogP contribution in [-0.4, -0.2) is 49.3 Å². The van der Waals surface area contributed by atoms with Crippen LogP contribution in [0.1, 0.15) is 155 Å². The van der Waals surface area contributed by atoms with E-state index in [1.54, 1.807) is 0 Å². The fourth-order valence-corrected chi connectivity index (χ4v) is 5.93. The van der Waals surface area contributed by atoms with Crippen LogP contribution in [0.5, 0.6) is 0 Å². The minimum absolute atomic E-state index is 0.0375. The summed E-state index contributed by atoms with van der Waals surface area (Å²) < 4.78 is 32.7. The third-order valence-corrected chi connectivity index (χ3v) is 9.25. The highest BCUT2D eigenvalue weighted by molar-refractivity contribution is 7.47. The van der Waals surface area contributed by atoms with Crippen molar-refractivity contribution in [1.29, 1.82) is 0 Å². The number of carbonyl (C=O) groups is 2. The summed E-state index contributed by atoms with van der Waals surface area (Å²) in [6, 6.07) is 0. The summed E-state index contributed by atoms with van der Waals surface area (Å²) in [7, 11) is -4.40. The summed E-state index contributed by atoms with van der Waals surface area (Å²) >= 11 is 0. The number of rotatable bonds is 38. The van der Waals surface area contributed by atoms with Crippen LogP contribution in [0.25, 0.3) is 0 Å². The molecule has 0 heterocycles. The normalized spacial score (nSPS) is 14.2. The number of allylic oxidation sites excluding steroid dienone is 14. The Labute approximate surface area is 334 Å². The monoisotopic (exact) mass is 790 g/mol. The Morgan fingerprint density at radius 3 is 1.55 bits per heavy atom. The minimum Gasteiger partial charge on any atom is -0.462 e. The second-order valence-corrected chi connectivity index (χ2v) is 14.9. The van der Waals surface area contributed by atoms with Crippen LogP contribution < -0.4 is 5.73 Å². The van der Waals surface area contributed by atoms with Crippen molar-refractivity contribution in [3.8, 4) is 0 Å². The van der Waals surface area contributed by atoms with E-state index in [1.165, 1.54) is 38.5 Å². The van der Waals surface area contributed by atoms with Crippen molar-refractivity contribution in [3.05, 3.63) is 85.1 Å². The van der Waals surface area contributed by atoms with E-state index in [1.807, 2.05) is 6.08 Å². The first-order valence-electron chi connectivity index (χ1n) is 21.1. The maximum atomic E-state index is 12.5. The number of unbranched alkanes of at least 4 members (excludes halogenated alkanes) is 11. The first kappa shape index (κ1) is 52.2. The zero-order valence-electron chi connectivity index (χ0n) is 34.4. The summed E-state index contributed by atoms with van der Waals surface area (Å²) in [5, 5.41) is 0. The Morgan fingerprint density at radius 1 is 0.564 bits per heavy atom. The molecule has 0 bridgehead atoms. The van der Waals surface area contributed by atoms with E-state index in [4.69, 9.17) is 24.3 Å². The zero-order chi connectivity index (χ0) is 40.3. The largest absolute Gasteiger partial charge is 0.472 e. The van der Waals surface area contributed by atoms with Crippen LogP contribution in [0.4, 0.5) is 0 Å². The van der Waals surface area contributed by atoms with Gasteiger partial charge in [0.15, 0.2) is 6.10 Å². The molecule has 10 heteroatoms. The van der Waals surface area contributed by atoms with Gasteiger partial charge in [-0.2, -0.15) is 0 Å². The topological polar surface area (TPSA) is 134 Å². The van der Waals surface area contributed by atoms with Crippen LogP contribution in [0.3, 0.4) is 0 Å². The van der Waals surface area contributed by atoms with Crippen molar-refractivity contribution in [2.24, 2.45) is 5.73 Å². The summed E-state index contributed by atoms with van der Waals surface area (Å²) in [5.74, 6) is -0.926. The van der Waals surface area contributed by atoms with Gasteiger partial charge in [-0.3, -0.25) is 18.6 Å². The van der Waals surface area contributed by atoms with Crippen LogP contribution in [-0.2, 0) is 32.7 Å². The Hall–Kier alpha value is -2.81. The van der Waals surface area contributed by atoms with Gasteiger partial charge in [0.25, 0.3) is 0 Å². The van der Waals surface area contributed by atoms with Crippen LogP contribution in [0, 0.1) is 0 Å². The molecule has 0 amide bonds. The van der Waals surface area contributed by atoms with Gasteiger partial charge >= 0.3 is 19.8 Å². The lowest BCUT2D eigenvalue weighted by atomic mass is 10.1. The van der Waals surface area contributed by atoms with Gasteiger partial charge in [-0.05, 0) is 83.5 Å². The lowest BCUT2D eigenvalue weighted by molar-refractivity contribution is -0.161. The van der Waals surface area contributed by atoms with Crippen molar-refractivity contribution in [3.63, 3.8) is 0 Å². The second kappa shape index (κ2) is 40.8. The third kappa shape index (κ3) is 40.7. The fraction of sp³-hybridized carbons (Fsp3) is 0.644. The SMILES string of the molecule is CCC=CCC=CCC=CCC=CCCCCCCC(=O)OC[C@H](COP(=O)(O)OCCN)OC(=O)CCCC=CCC=CCC=CCCCCCCCC. The number of phosphoric acid groups is 1. The lowest BCUT2D eigenvalue weighted by Crippen LogP contribution is -2.29. The average molecular weight is 790 g/mol. The molecule has 0 aliphatic rings. The maximum absolute atomic E-state index is 12.5. The molecule has 1 unspecified atom stereocenters. The maximum Gasteiger partial charge on any atom is 0.472 e. The van der Waals surface area contributed by atoms with E-state index in [-0.39, 0.29) is 32.6 Å². The molecule has 0 aromatic heterocycles. The molecule has 0 aromatic rings. The molecule has 314 valence electrons. The molecular formula is C45H76NO8P. The van der Waals surface area contributed by atoms with Gasteiger partial charge in [0.05, 0.1) is 13.2 Å². The van der Waals surface area contributed by atoms with Gasteiger partial charge in [0.1, 0.15) is 6.61 Å². The lowest BCUT2D eigenvalue weighted by Gasteiger charge is -2.19. The number of esters is 2. The van der Waals surface area contributed by atoms with Gasteiger partial charge in [0, 0.05) is 19.4 Å². The van der Waals surface area contributed by atoms with Crippen molar-refractivity contribution in [2.45, 2.75) is 161 Å². The molecule has 0 saturated heterocycles. The number of phosphoric ester groups is 1. The second-order valence-electron chi connectivity index (χ2n) is 13.5. The fourth-order valence-electron chi connectivity index (χ4n) is 5.17. The minimum atomic E-state index is -4.40. The van der Waals surface area contributed by atoms with Crippen LogP contribution >= 0.6 is 7.82 Å². The van der Waals surface area contributed by atoms with Gasteiger partial charge in [-0.25, -0.2) is 4.57 Å². The highest BCUT2D eigenvalue weighted by Crippen LogP contribution is 2.43. The van der Waals surface area contributed by atoms with E-state index in [0.717, 1.165) is 70.6 Å². The zero-order valence-corrected chi connectivity index (χ0v) is 35.3. The Bertz CT molecular complexity index is 1170. The Kier molecular flexibility index (Phi) is 38.8. The average Bonchev–Trinajstić information content (AvgIpc) is 3.17. The molecule has 55 heavy (non-hydrogen) atoms. The standard InChI is InChI=1S/C45H76NO8P/c1-3-5-7-9-11-13-15-17-19-21-23-25-27-29-31-33-35-37-44(47)51-41-43(42-53-55(49,50)52-40-39-46)54-45(48)38-36-34-32-30-28-26-24-22-20-18-16-14-12-10-8-6-4-2/h5,7,11,13,17-20,23-26,30,32,43H,3-4,6,8-10,12,14-16,21-22,27-29,31,33-42,46H2,1-2H3,(H,49,50)/t43-/m1/s1. The van der Waals surface area contributed by atoms with Crippen molar-refractivity contribution >= 4 is 19.8 Å². The Morgan fingerprint density at radius 2 is 1.02 bits per heavy atom. The Balaban J connectivity index is 4.32. The third-order valence-electron chi connectivity index (χ3n) is 8.27. The van der Waals surface area contributed by atoms with Crippen molar-refractivity contribution in [2.75, 3.05) is 26.4 Å². The van der Waals surface area contributed by atoms with E-state index >= 15 is 0 Å². The van der Waals surface area contributed by atoms with Crippen LogP contribution in [0.15, 0.2) is 85.1 Å². The molecule has 0 aliphatic heterocycles. The molecular weight excluding hydrogens is 713 g/mol. The van der Waals surface area contributed by atoms with E-state index in [0.29, 0.717) is 19.3 Å². The van der Waals surface area contributed by atoms with Crippen molar-refractivity contribution < 1.29 is 37.6 Å². The summed E-state index contributed by atoms with van der Waals surface area (Å²) in [6.45, 7) is 3.50. The predicted molar refractivity (Wildman–Crippen MR) is 229 cm³/mol. The van der Waals surface area contributed by atoms with Gasteiger partial charge in [-0.1, -0.05) is 144 Å². The van der Waals surface area contributed by atoms with Crippen molar-refractivity contribution in [1.82, 2.24) is 0 Å². The van der Waals surface area contributed by atoms with Gasteiger partial charge in [0.2, 0.25) is 0 Å². The van der Waals surface area contributed by atoms with Gasteiger partial charge in [-0.15, -0.1) is 0 Å². The number of hydrogen-bond donors (Lipinski definition) is 2. The van der Waals surface area contributed by atoms with E-state index < -0.39 is 32.5 Å². The summed E-state index contributed by atoms with van der Waals surface area (Å²) in [4.78, 5) is 34.8. The molecule has 0 spiro atoms. The number of hydrogen-bond acceptors (Lipinski definition) is 8. The molecule has 3 N–H and O–H groups in total. The molecule has 9 nitrogen and oxygen atoms in total.